The second-order valence-corrected chi connectivity index (χ2v) is 7.64. The summed E-state index contributed by atoms with van der Waals surface area (Å²) >= 11 is 0. The first-order valence-corrected chi connectivity index (χ1v) is 10.3. The van der Waals surface area contributed by atoms with Gasteiger partial charge in [0.1, 0.15) is 5.52 Å². The molecule has 7 nitrogen and oxygen atoms in total. The number of nitrogens with zero attached hydrogens (tertiary/aromatic N) is 3. The van der Waals surface area contributed by atoms with Gasteiger partial charge < -0.3 is 29.6 Å². The first-order chi connectivity index (χ1) is 14.3. The summed E-state index contributed by atoms with van der Waals surface area (Å²) in [6, 6.07) is 12.8. The zero-order chi connectivity index (χ0) is 19.6. The topological polar surface area (TPSA) is 65.7 Å². The van der Waals surface area contributed by atoms with Crippen LogP contribution in [0.2, 0.25) is 0 Å². The minimum atomic E-state index is 0.752. The summed E-state index contributed by atoms with van der Waals surface area (Å²) < 4.78 is 11.1. The number of ether oxygens (including phenoxy) is 2. The Morgan fingerprint density at radius 2 is 1.66 bits per heavy atom. The number of aromatic nitrogens is 2. The van der Waals surface area contributed by atoms with E-state index in [1.807, 2.05) is 0 Å². The van der Waals surface area contributed by atoms with Gasteiger partial charge in [0.15, 0.2) is 0 Å². The van der Waals surface area contributed by atoms with Crippen molar-refractivity contribution in [3.8, 4) is 0 Å². The lowest BCUT2D eigenvalue weighted by Gasteiger charge is -2.32. The van der Waals surface area contributed by atoms with E-state index in [-0.39, 0.29) is 0 Å². The maximum Gasteiger partial charge on any atom is 0.205 e. The maximum atomic E-state index is 5.57. The number of rotatable bonds is 4. The number of imidazole rings is 1. The molecule has 2 saturated heterocycles. The molecular formula is C22H27N5O2. The van der Waals surface area contributed by atoms with Crippen LogP contribution in [0.4, 0.5) is 23.0 Å². The number of aryl methyl sites for hydroxylation is 1. The Morgan fingerprint density at radius 3 is 2.38 bits per heavy atom. The van der Waals surface area contributed by atoms with E-state index in [1.54, 1.807) is 0 Å². The number of benzene rings is 2. The van der Waals surface area contributed by atoms with Crippen LogP contribution in [0.25, 0.3) is 11.0 Å². The van der Waals surface area contributed by atoms with E-state index in [4.69, 9.17) is 14.5 Å². The molecule has 0 unspecified atom stereocenters. The lowest BCUT2D eigenvalue weighted by atomic mass is 10.2. The van der Waals surface area contributed by atoms with Crippen LogP contribution in [-0.2, 0) is 9.47 Å². The number of hydrogen-bond donors (Lipinski definition) is 2. The second-order valence-electron chi connectivity index (χ2n) is 7.64. The van der Waals surface area contributed by atoms with Crippen molar-refractivity contribution in [3.63, 3.8) is 0 Å². The molecule has 2 N–H and O–H groups in total. The molecule has 29 heavy (non-hydrogen) atoms. The van der Waals surface area contributed by atoms with Gasteiger partial charge in [0, 0.05) is 37.6 Å². The van der Waals surface area contributed by atoms with E-state index in [9.17, 15) is 0 Å². The molecule has 152 valence electrons. The van der Waals surface area contributed by atoms with Crippen molar-refractivity contribution in [2.45, 2.75) is 6.92 Å². The summed E-state index contributed by atoms with van der Waals surface area (Å²) in [6.45, 7) is 8.73. The lowest BCUT2D eigenvalue weighted by molar-refractivity contribution is 0.122. The third-order valence-electron chi connectivity index (χ3n) is 5.56. The van der Waals surface area contributed by atoms with Gasteiger partial charge in [-0.05, 0) is 36.8 Å². The van der Waals surface area contributed by atoms with E-state index in [2.05, 4.69) is 63.4 Å². The summed E-state index contributed by atoms with van der Waals surface area (Å²) in [4.78, 5) is 13.2. The van der Waals surface area contributed by atoms with E-state index in [0.717, 1.165) is 75.3 Å². The predicted molar refractivity (Wildman–Crippen MR) is 117 cm³/mol. The molecule has 0 saturated carbocycles. The SMILES string of the molecule is Cc1cccc(Nc2nc3c(N4CCOCC4)cc(N4CCOCC4)cc3[nH]2)c1. The standard InChI is InChI=1S/C22H27N5O2/c1-16-3-2-4-17(13-16)23-22-24-19-14-18(26-5-9-28-10-6-26)15-20(21(19)25-22)27-7-11-29-12-8-27/h2-4,13-15H,5-12H2,1H3,(H2,23,24,25). The zero-order valence-electron chi connectivity index (χ0n) is 16.8. The Hall–Kier alpha value is -2.77. The van der Waals surface area contributed by atoms with Crippen LogP contribution in [-0.4, -0.2) is 62.6 Å². The zero-order valence-corrected chi connectivity index (χ0v) is 16.8. The molecule has 5 rings (SSSR count). The minimum Gasteiger partial charge on any atom is -0.378 e. The van der Waals surface area contributed by atoms with Crippen molar-refractivity contribution in [3.05, 3.63) is 42.0 Å². The Balaban J connectivity index is 1.54. The van der Waals surface area contributed by atoms with Crippen molar-refractivity contribution >= 4 is 34.0 Å². The number of fused-ring (bicyclic) bond motifs is 1. The summed E-state index contributed by atoms with van der Waals surface area (Å²) in [5.74, 6) is 0.763. The molecule has 0 bridgehead atoms. The fraction of sp³-hybridized carbons (Fsp3) is 0.409. The largest absolute Gasteiger partial charge is 0.378 e. The molecular weight excluding hydrogens is 366 g/mol. The normalized spacial score (nSPS) is 17.7. The van der Waals surface area contributed by atoms with Gasteiger partial charge in [0.25, 0.3) is 0 Å². The van der Waals surface area contributed by atoms with Gasteiger partial charge in [-0.15, -0.1) is 0 Å². The van der Waals surface area contributed by atoms with Crippen LogP contribution < -0.4 is 15.1 Å². The van der Waals surface area contributed by atoms with Crippen LogP contribution in [0, 0.1) is 6.92 Å². The average Bonchev–Trinajstić information content (AvgIpc) is 3.16. The van der Waals surface area contributed by atoms with Gasteiger partial charge in [-0.25, -0.2) is 4.98 Å². The summed E-state index contributed by atoms with van der Waals surface area (Å²) in [5.41, 5.74) is 6.68. The highest BCUT2D eigenvalue weighted by Crippen LogP contribution is 2.33. The Labute approximate surface area is 170 Å². The van der Waals surface area contributed by atoms with Crippen molar-refractivity contribution in [2.24, 2.45) is 0 Å². The van der Waals surface area contributed by atoms with E-state index >= 15 is 0 Å². The van der Waals surface area contributed by atoms with Gasteiger partial charge in [-0.3, -0.25) is 0 Å². The number of aromatic amines is 1. The number of H-pyrrole nitrogens is 1. The molecule has 0 aliphatic carbocycles. The second kappa shape index (κ2) is 7.93. The monoisotopic (exact) mass is 393 g/mol. The maximum absolute atomic E-state index is 5.57. The first-order valence-electron chi connectivity index (χ1n) is 10.3. The molecule has 0 amide bonds. The Bertz CT molecular complexity index is 990. The first kappa shape index (κ1) is 18.3. The van der Waals surface area contributed by atoms with E-state index < -0.39 is 0 Å². The highest BCUT2D eigenvalue weighted by Gasteiger charge is 2.20. The molecule has 3 aromatic rings. The average molecular weight is 393 g/mol. The third-order valence-corrected chi connectivity index (χ3v) is 5.56. The third kappa shape index (κ3) is 3.88. The van der Waals surface area contributed by atoms with Crippen molar-refractivity contribution in [2.75, 3.05) is 67.7 Å². The van der Waals surface area contributed by atoms with Crippen LogP contribution in [0.1, 0.15) is 5.56 Å². The highest BCUT2D eigenvalue weighted by atomic mass is 16.5. The van der Waals surface area contributed by atoms with Crippen LogP contribution >= 0.6 is 0 Å². The molecule has 0 atom stereocenters. The molecule has 1 aromatic heterocycles. The van der Waals surface area contributed by atoms with Gasteiger partial charge in [-0.1, -0.05) is 12.1 Å². The van der Waals surface area contributed by atoms with Gasteiger partial charge in [-0.2, -0.15) is 0 Å². The summed E-state index contributed by atoms with van der Waals surface area (Å²) in [7, 11) is 0. The molecule has 2 aliphatic heterocycles. The molecule has 0 spiro atoms. The van der Waals surface area contributed by atoms with Crippen LogP contribution in [0.3, 0.4) is 0 Å². The van der Waals surface area contributed by atoms with Gasteiger partial charge >= 0.3 is 0 Å². The number of nitrogens with one attached hydrogen (secondary N) is 2. The number of morpholine rings is 2. The molecule has 2 aromatic carbocycles. The lowest BCUT2D eigenvalue weighted by Crippen LogP contribution is -2.38. The Morgan fingerprint density at radius 1 is 0.931 bits per heavy atom. The fourth-order valence-electron chi connectivity index (χ4n) is 4.05. The fourth-order valence-corrected chi connectivity index (χ4v) is 4.05. The number of hydrogen-bond acceptors (Lipinski definition) is 6. The van der Waals surface area contributed by atoms with E-state index in [0.29, 0.717) is 0 Å². The quantitative estimate of drug-likeness (QED) is 0.709. The van der Waals surface area contributed by atoms with E-state index in [1.165, 1.54) is 16.9 Å². The molecule has 7 heteroatoms. The molecule has 0 radical (unpaired) electrons. The van der Waals surface area contributed by atoms with Crippen molar-refractivity contribution in [1.29, 1.82) is 0 Å². The highest BCUT2D eigenvalue weighted by molar-refractivity contribution is 5.94. The van der Waals surface area contributed by atoms with Crippen LogP contribution in [0.5, 0.6) is 0 Å². The van der Waals surface area contributed by atoms with Crippen molar-refractivity contribution < 1.29 is 9.47 Å². The van der Waals surface area contributed by atoms with Gasteiger partial charge in [0.05, 0.1) is 37.6 Å². The summed E-state index contributed by atoms with van der Waals surface area (Å²) in [5, 5.41) is 3.42. The minimum absolute atomic E-state index is 0.752. The smallest absolute Gasteiger partial charge is 0.205 e. The number of anilines is 4. The van der Waals surface area contributed by atoms with Crippen LogP contribution in [0.15, 0.2) is 36.4 Å². The molecule has 3 heterocycles. The predicted octanol–water partition coefficient (Wildman–Crippen LogP) is 3.29. The summed E-state index contributed by atoms with van der Waals surface area (Å²) in [6.07, 6.45) is 0. The Kier molecular flexibility index (Phi) is 4.99. The molecule has 2 fully saturated rings. The van der Waals surface area contributed by atoms with Crippen molar-refractivity contribution in [1.82, 2.24) is 9.97 Å². The molecule has 2 aliphatic rings. The van der Waals surface area contributed by atoms with Gasteiger partial charge in [0.2, 0.25) is 5.95 Å².